The highest BCUT2D eigenvalue weighted by Crippen LogP contribution is 2.34. The van der Waals surface area contributed by atoms with Gasteiger partial charge in [-0.1, -0.05) is 31.2 Å². The standard InChI is InChI=1S/C24H26N4O4/c1-2-22-25-17-7-3-4-8-18(17)27(22)16-23(29)28-15-21(24(30)26-11-13-31-14-12-26)32-20-10-6-5-9-19(20)28/h3-10,21H,2,11-16H2,1H3. The van der Waals surface area contributed by atoms with E-state index in [1.165, 1.54) is 0 Å². The van der Waals surface area contributed by atoms with Crippen LogP contribution in [0.4, 0.5) is 5.69 Å². The van der Waals surface area contributed by atoms with E-state index in [-0.39, 0.29) is 24.9 Å². The Morgan fingerprint density at radius 1 is 1.06 bits per heavy atom. The van der Waals surface area contributed by atoms with Crippen LogP contribution < -0.4 is 9.64 Å². The number of fused-ring (bicyclic) bond motifs is 2. The van der Waals surface area contributed by atoms with E-state index < -0.39 is 6.10 Å². The molecule has 3 heterocycles. The molecule has 0 N–H and O–H groups in total. The van der Waals surface area contributed by atoms with Gasteiger partial charge in [0, 0.05) is 19.5 Å². The number of ether oxygens (including phenoxy) is 2. The molecule has 0 radical (unpaired) electrons. The van der Waals surface area contributed by atoms with Crippen LogP contribution in [-0.4, -0.2) is 65.2 Å². The molecule has 166 valence electrons. The predicted molar refractivity (Wildman–Crippen MR) is 120 cm³/mol. The smallest absolute Gasteiger partial charge is 0.265 e. The quantitative estimate of drug-likeness (QED) is 0.630. The van der Waals surface area contributed by atoms with E-state index in [1.807, 2.05) is 54.0 Å². The first-order valence-corrected chi connectivity index (χ1v) is 11.0. The summed E-state index contributed by atoms with van der Waals surface area (Å²) >= 11 is 0. The summed E-state index contributed by atoms with van der Waals surface area (Å²) in [4.78, 5) is 34.8. The number of benzene rings is 2. The zero-order chi connectivity index (χ0) is 22.1. The topological polar surface area (TPSA) is 76.9 Å². The molecule has 8 heteroatoms. The van der Waals surface area contributed by atoms with Crippen LogP contribution in [0.1, 0.15) is 12.7 Å². The third kappa shape index (κ3) is 3.71. The number of morpholine rings is 1. The second-order valence-corrected chi connectivity index (χ2v) is 7.97. The normalized spacial score (nSPS) is 18.3. The van der Waals surface area contributed by atoms with Crippen molar-refractivity contribution in [1.82, 2.24) is 14.5 Å². The van der Waals surface area contributed by atoms with Crippen molar-refractivity contribution in [3.63, 3.8) is 0 Å². The summed E-state index contributed by atoms with van der Waals surface area (Å²) in [6, 6.07) is 15.2. The third-order valence-corrected chi connectivity index (χ3v) is 6.02. The molecule has 2 aliphatic rings. The van der Waals surface area contributed by atoms with Gasteiger partial charge in [0.15, 0.2) is 6.10 Å². The molecule has 1 saturated heterocycles. The Hall–Kier alpha value is -3.39. The molecule has 2 aromatic carbocycles. The Morgan fingerprint density at radius 2 is 1.81 bits per heavy atom. The van der Waals surface area contributed by atoms with Crippen LogP contribution in [0.15, 0.2) is 48.5 Å². The van der Waals surface area contributed by atoms with Gasteiger partial charge in [0.2, 0.25) is 5.91 Å². The Balaban J connectivity index is 1.44. The number of amides is 2. The van der Waals surface area contributed by atoms with Crippen molar-refractivity contribution in [2.45, 2.75) is 26.0 Å². The Morgan fingerprint density at radius 3 is 2.62 bits per heavy atom. The second kappa shape index (κ2) is 8.63. The molecule has 1 unspecified atom stereocenters. The minimum Gasteiger partial charge on any atom is -0.476 e. The average molecular weight is 434 g/mol. The van der Waals surface area contributed by atoms with Gasteiger partial charge in [0.1, 0.15) is 18.1 Å². The number of carbonyl (C=O) groups excluding carboxylic acids is 2. The van der Waals surface area contributed by atoms with Crippen LogP contribution in [0, 0.1) is 0 Å². The summed E-state index contributed by atoms with van der Waals surface area (Å²) in [5.41, 5.74) is 2.49. The number of carbonyl (C=O) groups is 2. The van der Waals surface area contributed by atoms with E-state index in [0.717, 1.165) is 23.3 Å². The number of anilines is 1. The first kappa shape index (κ1) is 20.5. The van der Waals surface area contributed by atoms with E-state index in [9.17, 15) is 9.59 Å². The summed E-state index contributed by atoms with van der Waals surface area (Å²) in [6.07, 6.45) is -0.0167. The summed E-state index contributed by atoms with van der Waals surface area (Å²) in [6.45, 7) is 4.47. The van der Waals surface area contributed by atoms with Gasteiger partial charge in [0.05, 0.1) is 36.5 Å². The van der Waals surface area contributed by atoms with Crippen molar-refractivity contribution in [3.05, 3.63) is 54.4 Å². The van der Waals surface area contributed by atoms with Crippen molar-refractivity contribution in [3.8, 4) is 5.75 Å². The van der Waals surface area contributed by atoms with Gasteiger partial charge in [0.25, 0.3) is 5.91 Å². The lowest BCUT2D eigenvalue weighted by Gasteiger charge is -2.37. The molecule has 32 heavy (non-hydrogen) atoms. The maximum Gasteiger partial charge on any atom is 0.265 e. The minimum absolute atomic E-state index is 0.0987. The van der Waals surface area contributed by atoms with Crippen LogP contribution in [-0.2, 0) is 27.3 Å². The van der Waals surface area contributed by atoms with Crippen molar-refractivity contribution in [2.75, 3.05) is 37.7 Å². The zero-order valence-corrected chi connectivity index (χ0v) is 18.1. The van der Waals surface area contributed by atoms with Gasteiger partial charge in [-0.25, -0.2) is 4.98 Å². The fraction of sp³-hybridized carbons (Fsp3) is 0.375. The Bertz CT molecular complexity index is 1150. The molecule has 0 saturated carbocycles. The van der Waals surface area contributed by atoms with Crippen LogP contribution >= 0.6 is 0 Å². The Kier molecular flexibility index (Phi) is 5.53. The van der Waals surface area contributed by atoms with Gasteiger partial charge >= 0.3 is 0 Å². The molecule has 5 rings (SSSR count). The highest BCUT2D eigenvalue weighted by atomic mass is 16.5. The summed E-state index contributed by atoms with van der Waals surface area (Å²) in [5, 5.41) is 0. The van der Waals surface area contributed by atoms with Crippen LogP contribution in [0.2, 0.25) is 0 Å². The van der Waals surface area contributed by atoms with Crippen LogP contribution in [0.5, 0.6) is 5.75 Å². The SMILES string of the molecule is CCc1nc2ccccc2n1CC(=O)N1CC(C(=O)N2CCOCC2)Oc2ccccc21. The molecule has 1 aromatic heterocycles. The van der Waals surface area contributed by atoms with Crippen LogP contribution in [0.25, 0.3) is 11.0 Å². The second-order valence-electron chi connectivity index (χ2n) is 7.97. The lowest BCUT2D eigenvalue weighted by Crippen LogP contribution is -2.54. The molecule has 3 aromatic rings. The fourth-order valence-corrected chi connectivity index (χ4v) is 4.38. The first-order valence-electron chi connectivity index (χ1n) is 11.0. The zero-order valence-electron chi connectivity index (χ0n) is 18.1. The highest BCUT2D eigenvalue weighted by molar-refractivity contribution is 5.97. The minimum atomic E-state index is -0.739. The van der Waals surface area contributed by atoms with Gasteiger partial charge < -0.3 is 23.8 Å². The fourth-order valence-electron chi connectivity index (χ4n) is 4.38. The van der Waals surface area contributed by atoms with E-state index in [0.29, 0.717) is 37.7 Å². The van der Waals surface area contributed by atoms with E-state index >= 15 is 0 Å². The lowest BCUT2D eigenvalue weighted by molar-refractivity contribution is -0.142. The first-order chi connectivity index (χ1) is 15.7. The van der Waals surface area contributed by atoms with Crippen LogP contribution in [0.3, 0.4) is 0 Å². The van der Waals surface area contributed by atoms with Crippen molar-refractivity contribution in [1.29, 1.82) is 0 Å². The van der Waals surface area contributed by atoms with Crippen molar-refractivity contribution >= 4 is 28.5 Å². The number of nitrogens with zero attached hydrogens (tertiary/aromatic N) is 4. The number of aryl methyl sites for hydroxylation is 1. The molecule has 0 aliphatic carbocycles. The van der Waals surface area contributed by atoms with E-state index in [2.05, 4.69) is 4.98 Å². The predicted octanol–water partition coefficient (Wildman–Crippen LogP) is 2.25. The van der Waals surface area contributed by atoms with Gasteiger partial charge in [-0.3, -0.25) is 9.59 Å². The maximum atomic E-state index is 13.6. The summed E-state index contributed by atoms with van der Waals surface area (Å²) in [5.74, 6) is 1.20. The number of aromatic nitrogens is 2. The molecular weight excluding hydrogens is 408 g/mol. The molecule has 2 amide bonds. The lowest BCUT2D eigenvalue weighted by atomic mass is 10.1. The Labute approximate surface area is 186 Å². The molecule has 1 fully saturated rings. The molecule has 0 spiro atoms. The van der Waals surface area contributed by atoms with Gasteiger partial charge in [-0.05, 0) is 24.3 Å². The molecule has 1 atom stereocenters. The third-order valence-electron chi connectivity index (χ3n) is 6.02. The number of hydrogen-bond donors (Lipinski definition) is 0. The maximum absolute atomic E-state index is 13.6. The molecular formula is C24H26N4O4. The number of rotatable bonds is 4. The largest absolute Gasteiger partial charge is 0.476 e. The number of hydrogen-bond acceptors (Lipinski definition) is 5. The van der Waals surface area contributed by atoms with Gasteiger partial charge in [-0.2, -0.15) is 0 Å². The molecule has 8 nitrogen and oxygen atoms in total. The monoisotopic (exact) mass is 434 g/mol. The number of para-hydroxylation sites is 4. The average Bonchev–Trinajstić information content (AvgIpc) is 3.20. The summed E-state index contributed by atoms with van der Waals surface area (Å²) < 4.78 is 13.4. The summed E-state index contributed by atoms with van der Waals surface area (Å²) in [7, 11) is 0. The van der Waals surface area contributed by atoms with Crippen molar-refractivity contribution < 1.29 is 19.1 Å². The van der Waals surface area contributed by atoms with Crippen molar-refractivity contribution in [2.24, 2.45) is 0 Å². The van der Waals surface area contributed by atoms with E-state index in [1.54, 1.807) is 15.9 Å². The van der Waals surface area contributed by atoms with Gasteiger partial charge in [-0.15, -0.1) is 0 Å². The molecule has 2 aliphatic heterocycles. The number of imidazole rings is 1. The van der Waals surface area contributed by atoms with E-state index in [4.69, 9.17) is 9.47 Å². The molecule has 0 bridgehead atoms. The highest BCUT2D eigenvalue weighted by Gasteiger charge is 2.36.